The van der Waals surface area contributed by atoms with Gasteiger partial charge in [0.2, 0.25) is 0 Å². The van der Waals surface area contributed by atoms with Crippen LogP contribution in [0.15, 0.2) is 30.6 Å². The lowest BCUT2D eigenvalue weighted by atomic mass is 10.2. The van der Waals surface area contributed by atoms with E-state index in [1.54, 1.807) is 30.6 Å². The van der Waals surface area contributed by atoms with E-state index in [0.29, 0.717) is 24.7 Å². The molecule has 0 saturated carbocycles. The number of H-pyrrole nitrogens is 1. The molecule has 0 aliphatic carbocycles. The minimum atomic E-state index is -0.435. The van der Waals surface area contributed by atoms with Crippen LogP contribution in [-0.2, 0) is 6.54 Å². The molecule has 0 unspecified atom stereocenters. The molecular weight excluding hydrogens is 260 g/mol. The summed E-state index contributed by atoms with van der Waals surface area (Å²) < 4.78 is 5.42. The zero-order valence-corrected chi connectivity index (χ0v) is 11.1. The van der Waals surface area contributed by atoms with Crippen molar-refractivity contribution in [3.63, 3.8) is 0 Å². The molecule has 7 heteroatoms. The van der Waals surface area contributed by atoms with Crippen LogP contribution in [0.25, 0.3) is 0 Å². The maximum Gasteiger partial charge on any atom is 0.333 e. The molecule has 0 radical (unpaired) electrons. The summed E-state index contributed by atoms with van der Waals surface area (Å²) in [4.78, 5) is 17.8. The highest BCUT2D eigenvalue weighted by Gasteiger charge is 2.20. The second-order valence-electron chi connectivity index (χ2n) is 4.15. The van der Waals surface area contributed by atoms with Gasteiger partial charge in [0.1, 0.15) is 11.5 Å². The summed E-state index contributed by atoms with van der Waals surface area (Å²) >= 11 is 0. The number of nitrogens with one attached hydrogen (secondary N) is 2. The Hall–Kier alpha value is -2.57. The smallest absolute Gasteiger partial charge is 0.333 e. The summed E-state index contributed by atoms with van der Waals surface area (Å²) in [7, 11) is 0. The number of aromatic nitrogens is 2. The van der Waals surface area contributed by atoms with E-state index in [0.717, 1.165) is 6.42 Å². The zero-order chi connectivity index (χ0) is 14.4. The highest BCUT2D eigenvalue weighted by atomic mass is 16.6. The van der Waals surface area contributed by atoms with Gasteiger partial charge in [-0.1, -0.05) is 13.0 Å². The molecule has 0 spiro atoms. The monoisotopic (exact) mass is 276 g/mol. The first-order valence-electron chi connectivity index (χ1n) is 6.34. The van der Waals surface area contributed by atoms with Crippen molar-refractivity contribution in [2.45, 2.75) is 19.9 Å². The highest BCUT2D eigenvalue weighted by Crippen LogP contribution is 2.34. The second-order valence-corrected chi connectivity index (χ2v) is 4.15. The number of imidazole rings is 1. The fourth-order valence-corrected chi connectivity index (χ4v) is 1.76. The third kappa shape index (κ3) is 3.25. The van der Waals surface area contributed by atoms with Crippen molar-refractivity contribution in [1.29, 1.82) is 0 Å². The minimum absolute atomic E-state index is 0.0486. The zero-order valence-electron chi connectivity index (χ0n) is 11.1. The Kier molecular flexibility index (Phi) is 4.54. The number of hydrogen-bond donors (Lipinski definition) is 2. The van der Waals surface area contributed by atoms with Gasteiger partial charge in [-0.25, -0.2) is 4.98 Å². The Balaban J connectivity index is 2.20. The number of aromatic amines is 1. The Morgan fingerprint density at radius 1 is 1.50 bits per heavy atom. The van der Waals surface area contributed by atoms with Crippen molar-refractivity contribution in [2.24, 2.45) is 0 Å². The fraction of sp³-hybridized carbons (Fsp3) is 0.308. The molecule has 106 valence electrons. The van der Waals surface area contributed by atoms with Gasteiger partial charge in [-0.3, -0.25) is 10.1 Å². The molecule has 0 fully saturated rings. The van der Waals surface area contributed by atoms with Gasteiger partial charge >= 0.3 is 5.69 Å². The molecular formula is C13H16N4O3. The van der Waals surface area contributed by atoms with Crippen LogP contribution < -0.4 is 10.1 Å². The number of rotatable bonds is 7. The third-order valence-corrected chi connectivity index (χ3v) is 2.64. The maximum absolute atomic E-state index is 11.2. The van der Waals surface area contributed by atoms with E-state index in [1.165, 1.54) is 0 Å². The first-order chi connectivity index (χ1) is 9.72. The third-order valence-electron chi connectivity index (χ3n) is 2.64. The predicted octanol–water partition coefficient (Wildman–Crippen LogP) is 2.72. The van der Waals surface area contributed by atoms with Crippen LogP contribution in [0.3, 0.4) is 0 Å². The van der Waals surface area contributed by atoms with Crippen LogP contribution in [0, 0.1) is 10.1 Å². The van der Waals surface area contributed by atoms with Crippen molar-refractivity contribution in [1.82, 2.24) is 9.97 Å². The minimum Gasteiger partial charge on any atom is -0.487 e. The largest absolute Gasteiger partial charge is 0.487 e. The molecule has 0 aliphatic rings. The first-order valence-corrected chi connectivity index (χ1v) is 6.34. The molecule has 1 aromatic carbocycles. The molecule has 1 aromatic heterocycles. The van der Waals surface area contributed by atoms with Gasteiger partial charge in [0.25, 0.3) is 0 Å². The van der Waals surface area contributed by atoms with Crippen molar-refractivity contribution in [3.8, 4) is 5.75 Å². The molecule has 1 heterocycles. The molecule has 2 N–H and O–H groups in total. The standard InChI is InChI=1S/C13H16N4O3/c1-2-8-20-11-5-3-4-10(13(11)17(18)19)16-9-12-14-6-7-15-12/h3-7,16H,2,8-9H2,1H3,(H,14,15). The number of nitro groups is 1. The summed E-state index contributed by atoms with van der Waals surface area (Å²) in [6.45, 7) is 2.78. The molecule has 0 aliphatic heterocycles. The summed E-state index contributed by atoms with van der Waals surface area (Å²) in [6.07, 6.45) is 4.12. The first kappa shape index (κ1) is 13.9. The van der Waals surface area contributed by atoms with Gasteiger partial charge in [-0.05, 0) is 18.6 Å². The number of nitro benzene ring substituents is 1. The number of benzene rings is 1. The second kappa shape index (κ2) is 6.55. The van der Waals surface area contributed by atoms with Gasteiger partial charge in [0.05, 0.1) is 18.1 Å². The molecule has 2 rings (SSSR count). The maximum atomic E-state index is 11.2. The van der Waals surface area contributed by atoms with E-state index in [2.05, 4.69) is 15.3 Å². The molecule has 2 aromatic rings. The molecule has 20 heavy (non-hydrogen) atoms. The predicted molar refractivity (Wildman–Crippen MR) is 74.8 cm³/mol. The van der Waals surface area contributed by atoms with Crippen LogP contribution in [0.4, 0.5) is 11.4 Å². The highest BCUT2D eigenvalue weighted by molar-refractivity contribution is 5.68. The van der Waals surface area contributed by atoms with E-state index in [-0.39, 0.29) is 11.4 Å². The number of hydrogen-bond acceptors (Lipinski definition) is 5. The van der Waals surface area contributed by atoms with Crippen LogP contribution in [0.1, 0.15) is 19.2 Å². The van der Waals surface area contributed by atoms with E-state index in [4.69, 9.17) is 4.74 Å². The van der Waals surface area contributed by atoms with Crippen molar-refractivity contribution >= 4 is 11.4 Å². The van der Waals surface area contributed by atoms with Crippen molar-refractivity contribution in [3.05, 3.63) is 46.5 Å². The Morgan fingerprint density at radius 3 is 3.00 bits per heavy atom. The lowest BCUT2D eigenvalue weighted by molar-refractivity contribution is -0.385. The number of nitrogens with zero attached hydrogens (tertiary/aromatic N) is 2. The molecule has 7 nitrogen and oxygen atoms in total. The van der Waals surface area contributed by atoms with Gasteiger partial charge in [0.15, 0.2) is 5.75 Å². The van der Waals surface area contributed by atoms with Gasteiger partial charge in [-0.2, -0.15) is 0 Å². The molecule has 0 atom stereocenters. The topological polar surface area (TPSA) is 93.1 Å². The quantitative estimate of drug-likeness (QED) is 0.599. The summed E-state index contributed by atoms with van der Waals surface area (Å²) in [5, 5.41) is 14.2. The summed E-state index contributed by atoms with van der Waals surface area (Å²) in [5.74, 6) is 0.987. The Labute approximate surface area is 116 Å². The van der Waals surface area contributed by atoms with E-state index in [1.807, 2.05) is 6.92 Å². The summed E-state index contributed by atoms with van der Waals surface area (Å²) in [5.41, 5.74) is 0.368. The van der Waals surface area contributed by atoms with Crippen LogP contribution >= 0.6 is 0 Å². The van der Waals surface area contributed by atoms with Crippen molar-refractivity contribution < 1.29 is 9.66 Å². The van der Waals surface area contributed by atoms with Crippen LogP contribution in [0.2, 0.25) is 0 Å². The lowest BCUT2D eigenvalue weighted by Gasteiger charge is -2.10. The van der Waals surface area contributed by atoms with E-state index in [9.17, 15) is 10.1 Å². The Morgan fingerprint density at radius 2 is 2.35 bits per heavy atom. The van der Waals surface area contributed by atoms with Gasteiger partial charge in [0, 0.05) is 12.4 Å². The Bertz CT molecular complexity index is 569. The SMILES string of the molecule is CCCOc1cccc(NCc2ncc[nH]2)c1[N+](=O)[O-]. The average Bonchev–Trinajstić information content (AvgIpc) is 2.95. The normalized spacial score (nSPS) is 10.2. The number of ether oxygens (including phenoxy) is 1. The number of para-hydroxylation sites is 1. The van der Waals surface area contributed by atoms with Gasteiger partial charge in [-0.15, -0.1) is 0 Å². The van der Waals surface area contributed by atoms with Crippen LogP contribution in [0.5, 0.6) is 5.75 Å². The van der Waals surface area contributed by atoms with Crippen molar-refractivity contribution in [2.75, 3.05) is 11.9 Å². The number of anilines is 1. The summed E-state index contributed by atoms with van der Waals surface area (Å²) in [6, 6.07) is 4.98. The molecule has 0 amide bonds. The van der Waals surface area contributed by atoms with E-state index < -0.39 is 4.92 Å². The van der Waals surface area contributed by atoms with Gasteiger partial charge < -0.3 is 15.0 Å². The fourth-order valence-electron chi connectivity index (χ4n) is 1.76. The lowest BCUT2D eigenvalue weighted by Crippen LogP contribution is -2.06. The molecule has 0 bridgehead atoms. The van der Waals surface area contributed by atoms with E-state index >= 15 is 0 Å². The molecule has 0 saturated heterocycles. The average molecular weight is 276 g/mol. The van der Waals surface area contributed by atoms with Crippen LogP contribution in [-0.4, -0.2) is 21.5 Å².